The molecule has 3 fully saturated rings. The van der Waals surface area contributed by atoms with Crippen molar-refractivity contribution in [1.29, 1.82) is 0 Å². The number of rotatable bonds is 3. The van der Waals surface area contributed by atoms with Gasteiger partial charge in [-0.1, -0.05) is 6.42 Å². The van der Waals surface area contributed by atoms with Crippen LogP contribution < -0.4 is 5.32 Å². The van der Waals surface area contributed by atoms with Gasteiger partial charge in [-0.3, -0.25) is 9.69 Å². The molecule has 0 unspecified atom stereocenters. The molecule has 1 saturated heterocycles. The van der Waals surface area contributed by atoms with Crippen LogP contribution in [-0.4, -0.2) is 49.7 Å². The van der Waals surface area contributed by atoms with Crippen LogP contribution >= 0.6 is 0 Å². The van der Waals surface area contributed by atoms with Crippen LogP contribution in [0.5, 0.6) is 0 Å². The van der Waals surface area contributed by atoms with Crippen molar-refractivity contribution >= 4 is 5.91 Å². The van der Waals surface area contributed by atoms with Crippen molar-refractivity contribution in [2.75, 3.05) is 32.8 Å². The number of amides is 1. The molecule has 17 heavy (non-hydrogen) atoms. The molecular formula is C13H22N2O2. The fraction of sp³-hybridized carbons (Fsp3) is 0.923. The molecule has 2 bridgehead atoms. The summed E-state index contributed by atoms with van der Waals surface area (Å²) < 4.78 is 5.28. The summed E-state index contributed by atoms with van der Waals surface area (Å²) in [7, 11) is 0. The van der Waals surface area contributed by atoms with E-state index in [-0.39, 0.29) is 5.91 Å². The van der Waals surface area contributed by atoms with E-state index in [4.69, 9.17) is 4.74 Å². The van der Waals surface area contributed by atoms with E-state index in [0.717, 1.165) is 38.1 Å². The third-order valence-electron chi connectivity index (χ3n) is 4.56. The summed E-state index contributed by atoms with van der Waals surface area (Å²) in [6.07, 6.45) is 5.29. The Kier molecular flexibility index (Phi) is 3.34. The highest BCUT2D eigenvalue weighted by molar-refractivity contribution is 5.78. The molecule has 1 N–H and O–H groups in total. The lowest BCUT2D eigenvalue weighted by Gasteiger charge is -2.28. The number of carbonyl (C=O) groups is 1. The quantitative estimate of drug-likeness (QED) is 0.784. The van der Waals surface area contributed by atoms with Crippen molar-refractivity contribution in [1.82, 2.24) is 10.2 Å². The Hall–Kier alpha value is -0.610. The van der Waals surface area contributed by atoms with Crippen LogP contribution in [0.2, 0.25) is 0 Å². The monoisotopic (exact) mass is 238 g/mol. The van der Waals surface area contributed by atoms with Crippen LogP contribution in [0.25, 0.3) is 0 Å². The summed E-state index contributed by atoms with van der Waals surface area (Å²) in [6, 6.07) is 0.474. The number of carbonyl (C=O) groups excluding carboxylic acids is 1. The maximum Gasteiger partial charge on any atom is 0.234 e. The summed E-state index contributed by atoms with van der Waals surface area (Å²) >= 11 is 0. The Morgan fingerprint density at radius 1 is 1.24 bits per heavy atom. The van der Waals surface area contributed by atoms with Crippen LogP contribution in [-0.2, 0) is 9.53 Å². The lowest BCUT2D eigenvalue weighted by Crippen LogP contribution is -2.47. The molecule has 4 nitrogen and oxygen atoms in total. The Labute approximate surface area is 103 Å². The number of fused-ring (bicyclic) bond motifs is 2. The summed E-state index contributed by atoms with van der Waals surface area (Å²) in [6.45, 7) is 3.87. The van der Waals surface area contributed by atoms with Gasteiger partial charge in [-0.2, -0.15) is 0 Å². The van der Waals surface area contributed by atoms with E-state index < -0.39 is 0 Å². The highest BCUT2D eigenvalue weighted by Gasteiger charge is 2.40. The first-order chi connectivity index (χ1) is 8.31. The van der Waals surface area contributed by atoms with Crippen LogP contribution in [0.3, 0.4) is 0 Å². The van der Waals surface area contributed by atoms with E-state index in [9.17, 15) is 4.79 Å². The Morgan fingerprint density at radius 2 is 2.06 bits per heavy atom. The van der Waals surface area contributed by atoms with Gasteiger partial charge >= 0.3 is 0 Å². The zero-order chi connectivity index (χ0) is 11.7. The Balaban J connectivity index is 1.44. The predicted octanol–water partition coefficient (Wildman–Crippen LogP) is 0.623. The van der Waals surface area contributed by atoms with Gasteiger partial charge in [0, 0.05) is 19.1 Å². The normalized spacial score (nSPS) is 37.3. The van der Waals surface area contributed by atoms with Crippen LogP contribution in [0, 0.1) is 11.8 Å². The first kappa shape index (κ1) is 11.5. The van der Waals surface area contributed by atoms with Gasteiger partial charge in [-0.15, -0.1) is 0 Å². The first-order valence-corrected chi connectivity index (χ1v) is 6.91. The van der Waals surface area contributed by atoms with E-state index in [1.165, 1.54) is 25.7 Å². The minimum absolute atomic E-state index is 0.212. The van der Waals surface area contributed by atoms with Crippen molar-refractivity contribution in [3.05, 3.63) is 0 Å². The number of nitrogens with one attached hydrogen (secondary N) is 1. The number of hydrogen-bond donors (Lipinski definition) is 1. The van der Waals surface area contributed by atoms with Crippen LogP contribution in [0.1, 0.15) is 25.7 Å². The zero-order valence-electron chi connectivity index (χ0n) is 10.4. The van der Waals surface area contributed by atoms with E-state index >= 15 is 0 Å². The minimum atomic E-state index is 0.212. The van der Waals surface area contributed by atoms with Gasteiger partial charge in [0.1, 0.15) is 0 Å². The summed E-state index contributed by atoms with van der Waals surface area (Å²) in [5, 5.41) is 3.24. The third-order valence-corrected chi connectivity index (χ3v) is 4.56. The minimum Gasteiger partial charge on any atom is -0.379 e. The van der Waals surface area contributed by atoms with Gasteiger partial charge in [0.05, 0.1) is 19.8 Å². The molecule has 3 atom stereocenters. The maximum atomic E-state index is 11.9. The first-order valence-electron chi connectivity index (χ1n) is 6.91. The van der Waals surface area contributed by atoms with Gasteiger partial charge in [-0.25, -0.2) is 0 Å². The molecule has 3 aliphatic rings. The predicted molar refractivity (Wildman–Crippen MR) is 64.6 cm³/mol. The maximum absolute atomic E-state index is 11.9. The second-order valence-electron chi connectivity index (χ2n) is 5.74. The van der Waals surface area contributed by atoms with Gasteiger partial charge in [0.15, 0.2) is 0 Å². The van der Waals surface area contributed by atoms with Crippen molar-refractivity contribution < 1.29 is 9.53 Å². The highest BCUT2D eigenvalue weighted by Crippen LogP contribution is 2.44. The average molecular weight is 238 g/mol. The van der Waals surface area contributed by atoms with Gasteiger partial charge < -0.3 is 10.1 Å². The van der Waals surface area contributed by atoms with Crippen molar-refractivity contribution in [2.24, 2.45) is 11.8 Å². The van der Waals surface area contributed by atoms with Crippen molar-refractivity contribution in [2.45, 2.75) is 31.7 Å². The molecule has 0 aromatic carbocycles. The molecule has 2 aliphatic carbocycles. The lowest BCUT2D eigenvalue weighted by molar-refractivity contribution is -0.124. The summed E-state index contributed by atoms with van der Waals surface area (Å²) in [5.74, 6) is 1.88. The second kappa shape index (κ2) is 4.94. The number of ether oxygens (including phenoxy) is 1. The SMILES string of the molecule is O=C(CN1CCOCC1)N[C@@H]1C[C@H]2CC[C@@H]1C2. The summed E-state index contributed by atoms with van der Waals surface area (Å²) in [4.78, 5) is 14.1. The largest absolute Gasteiger partial charge is 0.379 e. The zero-order valence-corrected chi connectivity index (χ0v) is 10.4. The third kappa shape index (κ3) is 2.63. The number of hydrogen-bond acceptors (Lipinski definition) is 3. The van der Waals surface area contributed by atoms with Gasteiger partial charge in [0.25, 0.3) is 0 Å². The molecule has 1 heterocycles. The van der Waals surface area contributed by atoms with Crippen LogP contribution in [0.4, 0.5) is 0 Å². The van der Waals surface area contributed by atoms with E-state index in [0.29, 0.717) is 12.6 Å². The Bertz CT molecular complexity index is 289. The molecule has 96 valence electrons. The molecule has 3 rings (SSSR count). The van der Waals surface area contributed by atoms with E-state index in [1.54, 1.807) is 0 Å². The highest BCUT2D eigenvalue weighted by atomic mass is 16.5. The summed E-state index contributed by atoms with van der Waals surface area (Å²) in [5.41, 5.74) is 0. The number of nitrogens with zero attached hydrogens (tertiary/aromatic N) is 1. The molecule has 1 amide bonds. The second-order valence-corrected chi connectivity index (χ2v) is 5.74. The topological polar surface area (TPSA) is 41.6 Å². The molecule has 4 heteroatoms. The lowest BCUT2D eigenvalue weighted by atomic mass is 9.95. The molecule has 0 aromatic heterocycles. The van der Waals surface area contributed by atoms with Crippen molar-refractivity contribution in [3.8, 4) is 0 Å². The van der Waals surface area contributed by atoms with Crippen molar-refractivity contribution in [3.63, 3.8) is 0 Å². The van der Waals surface area contributed by atoms with E-state index in [1.807, 2.05) is 0 Å². The molecule has 2 saturated carbocycles. The average Bonchev–Trinajstić information content (AvgIpc) is 2.92. The van der Waals surface area contributed by atoms with Crippen LogP contribution in [0.15, 0.2) is 0 Å². The molecule has 0 spiro atoms. The van der Waals surface area contributed by atoms with Gasteiger partial charge in [-0.05, 0) is 31.1 Å². The smallest absolute Gasteiger partial charge is 0.234 e. The van der Waals surface area contributed by atoms with E-state index in [2.05, 4.69) is 10.2 Å². The molecule has 0 aromatic rings. The molecule has 0 radical (unpaired) electrons. The molecular weight excluding hydrogens is 216 g/mol. The fourth-order valence-corrected chi connectivity index (χ4v) is 3.64. The standard InChI is InChI=1S/C13H22N2O2/c16-13(9-15-3-5-17-6-4-15)14-12-8-10-1-2-11(12)7-10/h10-12H,1-9H2,(H,14,16)/t10-,11+,12+/m0/s1. The number of morpholine rings is 1. The molecule has 1 aliphatic heterocycles. The van der Waals surface area contributed by atoms with Gasteiger partial charge in [0.2, 0.25) is 5.91 Å². The fourth-order valence-electron chi connectivity index (χ4n) is 3.64. The Morgan fingerprint density at radius 3 is 2.71 bits per heavy atom.